The van der Waals surface area contributed by atoms with Crippen LogP contribution in [0.15, 0.2) is 0 Å². The number of hydrogen-bond donors (Lipinski definition) is 1. The van der Waals surface area contributed by atoms with Crippen LogP contribution in [-0.4, -0.2) is 32.0 Å². The highest BCUT2D eigenvalue weighted by Crippen LogP contribution is 2.42. The van der Waals surface area contributed by atoms with Crippen LogP contribution in [-0.2, 0) is 9.84 Å². The monoisotopic (exact) mass is 303 g/mol. The van der Waals surface area contributed by atoms with Gasteiger partial charge in [0.25, 0.3) is 0 Å². The Hall–Kier alpha value is -0.0900. The number of sulfone groups is 1. The summed E-state index contributed by atoms with van der Waals surface area (Å²) in [7, 11) is -1.14. The first kappa shape index (κ1) is 18.0. The van der Waals surface area contributed by atoms with E-state index in [9.17, 15) is 8.42 Å². The van der Waals surface area contributed by atoms with Crippen molar-refractivity contribution in [2.24, 2.45) is 11.3 Å². The SMILES string of the molecule is CCC(C)S(=O)(=O)C1CC(C(C)(C)CC)CCC1NC. The fourth-order valence-corrected chi connectivity index (χ4v) is 5.64. The van der Waals surface area contributed by atoms with E-state index in [4.69, 9.17) is 0 Å². The minimum atomic E-state index is -3.04. The van der Waals surface area contributed by atoms with Crippen molar-refractivity contribution >= 4 is 9.84 Å². The molecule has 1 aliphatic rings. The molecular formula is C16H33NO2S. The molecule has 0 radical (unpaired) electrons. The van der Waals surface area contributed by atoms with Crippen LogP contribution in [0, 0.1) is 11.3 Å². The molecule has 0 spiro atoms. The highest BCUT2D eigenvalue weighted by Gasteiger charge is 2.43. The summed E-state index contributed by atoms with van der Waals surface area (Å²) in [6.45, 7) is 10.6. The van der Waals surface area contributed by atoms with E-state index in [2.05, 4.69) is 26.1 Å². The Labute approximate surface area is 125 Å². The third-order valence-electron chi connectivity index (χ3n) is 5.74. The smallest absolute Gasteiger partial charge is 0.157 e. The van der Waals surface area contributed by atoms with Gasteiger partial charge in [-0.2, -0.15) is 0 Å². The highest BCUT2D eigenvalue weighted by atomic mass is 32.2. The lowest BCUT2D eigenvalue weighted by Crippen LogP contribution is -2.50. The molecule has 0 amide bonds. The molecule has 4 unspecified atom stereocenters. The summed E-state index contributed by atoms with van der Waals surface area (Å²) in [5, 5.41) is 2.80. The predicted molar refractivity (Wildman–Crippen MR) is 86.7 cm³/mol. The third-order valence-corrected chi connectivity index (χ3v) is 8.56. The van der Waals surface area contributed by atoms with Gasteiger partial charge >= 0.3 is 0 Å². The van der Waals surface area contributed by atoms with Crippen LogP contribution in [0.2, 0.25) is 0 Å². The van der Waals surface area contributed by atoms with Gasteiger partial charge in [-0.3, -0.25) is 0 Å². The molecule has 0 bridgehead atoms. The lowest BCUT2D eigenvalue weighted by molar-refractivity contribution is 0.140. The second kappa shape index (κ2) is 6.78. The van der Waals surface area contributed by atoms with Crippen molar-refractivity contribution in [2.75, 3.05) is 7.05 Å². The first-order valence-corrected chi connectivity index (χ1v) is 9.71. The van der Waals surface area contributed by atoms with E-state index in [1.54, 1.807) is 0 Å². The van der Waals surface area contributed by atoms with E-state index in [-0.39, 0.29) is 22.0 Å². The summed E-state index contributed by atoms with van der Waals surface area (Å²) < 4.78 is 25.6. The van der Waals surface area contributed by atoms with Crippen LogP contribution < -0.4 is 5.32 Å². The summed E-state index contributed by atoms with van der Waals surface area (Å²) in [6, 6.07) is 0.123. The van der Waals surface area contributed by atoms with Crippen LogP contribution in [0.3, 0.4) is 0 Å². The van der Waals surface area contributed by atoms with Gasteiger partial charge in [-0.05, 0) is 51.0 Å². The molecule has 1 rings (SSSR count). The lowest BCUT2D eigenvalue weighted by atomic mass is 9.68. The molecule has 1 fully saturated rings. The van der Waals surface area contributed by atoms with Crippen LogP contribution in [0.4, 0.5) is 0 Å². The average Bonchev–Trinajstić information content (AvgIpc) is 2.45. The van der Waals surface area contributed by atoms with Gasteiger partial charge in [0.1, 0.15) is 0 Å². The molecule has 0 saturated heterocycles. The molecule has 120 valence electrons. The van der Waals surface area contributed by atoms with E-state index >= 15 is 0 Å². The maximum atomic E-state index is 12.8. The van der Waals surface area contributed by atoms with Crippen molar-refractivity contribution in [1.82, 2.24) is 5.32 Å². The topological polar surface area (TPSA) is 46.2 Å². The number of hydrogen-bond acceptors (Lipinski definition) is 3. The van der Waals surface area contributed by atoms with Gasteiger partial charge in [0, 0.05) is 6.04 Å². The van der Waals surface area contributed by atoms with Crippen molar-refractivity contribution in [3.63, 3.8) is 0 Å². The van der Waals surface area contributed by atoms with Crippen molar-refractivity contribution in [1.29, 1.82) is 0 Å². The van der Waals surface area contributed by atoms with Gasteiger partial charge in [-0.25, -0.2) is 8.42 Å². The lowest BCUT2D eigenvalue weighted by Gasteiger charge is -2.43. The van der Waals surface area contributed by atoms with Crippen molar-refractivity contribution in [3.8, 4) is 0 Å². The maximum Gasteiger partial charge on any atom is 0.157 e. The summed E-state index contributed by atoms with van der Waals surface area (Å²) in [6.07, 6.45) is 4.75. The predicted octanol–water partition coefficient (Wildman–Crippen LogP) is 3.39. The molecule has 1 N–H and O–H groups in total. The van der Waals surface area contributed by atoms with E-state index in [1.165, 1.54) is 0 Å². The summed E-state index contributed by atoms with van der Waals surface area (Å²) in [5.74, 6) is 0.515. The molecule has 0 heterocycles. The van der Waals surface area contributed by atoms with E-state index in [0.717, 1.165) is 25.7 Å². The van der Waals surface area contributed by atoms with Crippen LogP contribution in [0.5, 0.6) is 0 Å². The van der Waals surface area contributed by atoms with Crippen LogP contribution >= 0.6 is 0 Å². The Balaban J connectivity index is 3.01. The average molecular weight is 304 g/mol. The van der Waals surface area contributed by atoms with Gasteiger partial charge in [-0.15, -0.1) is 0 Å². The molecule has 3 nitrogen and oxygen atoms in total. The largest absolute Gasteiger partial charge is 0.316 e. The zero-order valence-electron chi connectivity index (χ0n) is 14.1. The molecule has 20 heavy (non-hydrogen) atoms. The molecule has 0 aromatic carbocycles. The van der Waals surface area contributed by atoms with Gasteiger partial charge in [0.15, 0.2) is 9.84 Å². The standard InChI is InChI=1S/C16H33NO2S/c1-7-12(3)20(18,19)15-11-13(16(4,5)8-2)9-10-14(15)17-6/h12-15,17H,7-11H2,1-6H3. The second-order valence-corrected chi connectivity index (χ2v) is 9.68. The first-order valence-electron chi connectivity index (χ1n) is 8.10. The van der Waals surface area contributed by atoms with Gasteiger partial charge in [0.05, 0.1) is 10.5 Å². The Morgan fingerprint density at radius 1 is 1.25 bits per heavy atom. The van der Waals surface area contributed by atoms with Crippen LogP contribution in [0.25, 0.3) is 0 Å². The normalized spacial score (nSPS) is 30.2. The molecule has 1 saturated carbocycles. The number of rotatable bonds is 6. The molecule has 0 aliphatic heterocycles. The van der Waals surface area contributed by atoms with Crippen molar-refractivity contribution in [2.45, 2.75) is 83.3 Å². The molecule has 1 aliphatic carbocycles. The van der Waals surface area contributed by atoms with Gasteiger partial charge < -0.3 is 5.32 Å². The third kappa shape index (κ3) is 3.56. The number of nitrogens with one attached hydrogen (secondary N) is 1. The quantitative estimate of drug-likeness (QED) is 0.818. The molecule has 0 aromatic rings. The summed E-state index contributed by atoms with van der Waals surface area (Å²) in [4.78, 5) is 0. The van der Waals surface area contributed by atoms with Crippen molar-refractivity contribution < 1.29 is 8.42 Å². The van der Waals surface area contributed by atoms with E-state index in [1.807, 2.05) is 20.9 Å². The van der Waals surface area contributed by atoms with Crippen LogP contribution in [0.1, 0.15) is 66.7 Å². The second-order valence-electron chi connectivity index (χ2n) is 7.09. The maximum absolute atomic E-state index is 12.8. The Bertz CT molecular complexity index is 403. The van der Waals surface area contributed by atoms with Crippen molar-refractivity contribution in [3.05, 3.63) is 0 Å². The molecular weight excluding hydrogens is 270 g/mol. The summed E-state index contributed by atoms with van der Waals surface area (Å²) in [5.41, 5.74) is 0.238. The van der Waals surface area contributed by atoms with Gasteiger partial charge in [-0.1, -0.05) is 34.1 Å². The zero-order valence-corrected chi connectivity index (χ0v) is 14.9. The fourth-order valence-electron chi connectivity index (χ4n) is 3.35. The molecule has 0 aromatic heterocycles. The Kier molecular flexibility index (Phi) is 6.09. The minimum Gasteiger partial charge on any atom is -0.316 e. The Morgan fingerprint density at radius 3 is 2.30 bits per heavy atom. The van der Waals surface area contributed by atoms with Gasteiger partial charge in [0.2, 0.25) is 0 Å². The molecule has 4 heteroatoms. The minimum absolute atomic E-state index is 0.123. The van der Waals surface area contributed by atoms with E-state index < -0.39 is 9.84 Å². The Morgan fingerprint density at radius 2 is 1.85 bits per heavy atom. The zero-order chi connectivity index (χ0) is 15.6. The summed E-state index contributed by atoms with van der Waals surface area (Å²) >= 11 is 0. The molecule has 4 atom stereocenters. The fraction of sp³-hybridized carbons (Fsp3) is 1.00. The highest BCUT2D eigenvalue weighted by molar-refractivity contribution is 7.92. The first-order chi connectivity index (χ1) is 9.20. The van der Waals surface area contributed by atoms with E-state index in [0.29, 0.717) is 12.3 Å².